The topological polar surface area (TPSA) is 38.8 Å². The number of hydrogen-bond acceptors (Lipinski definition) is 3. The Labute approximate surface area is 109 Å². The maximum absolute atomic E-state index is 12.4. The average Bonchev–Trinajstić information content (AvgIpc) is 2.75. The van der Waals surface area contributed by atoms with Gasteiger partial charge in [-0.1, -0.05) is 26.2 Å². The van der Waals surface area contributed by atoms with Gasteiger partial charge in [0.25, 0.3) is 0 Å². The molecule has 1 atom stereocenters. The summed E-state index contributed by atoms with van der Waals surface area (Å²) in [5, 5.41) is 0. The molecule has 3 heteroatoms. The van der Waals surface area contributed by atoms with Crippen molar-refractivity contribution in [2.45, 2.75) is 88.4 Å². The first kappa shape index (κ1) is 12.5. The van der Waals surface area contributed by atoms with Crippen molar-refractivity contribution in [3.63, 3.8) is 0 Å². The Morgan fingerprint density at radius 2 is 1.83 bits per heavy atom. The molecule has 1 aliphatic heterocycles. The summed E-state index contributed by atoms with van der Waals surface area (Å²) in [5.74, 6) is -0.0706. The van der Waals surface area contributed by atoms with Crippen LogP contribution in [0.1, 0.15) is 71.1 Å². The molecule has 3 fully saturated rings. The smallest absolute Gasteiger partial charge is 0.341 e. The molecule has 0 aromatic carbocycles. The molecule has 3 aliphatic rings. The Hall–Kier alpha value is -0.570. The predicted octanol–water partition coefficient (Wildman–Crippen LogP) is 3.35. The Bertz CT molecular complexity index is 327. The largest absolute Gasteiger partial charge is 0.460 e. The third kappa shape index (κ3) is 1.78. The Morgan fingerprint density at radius 3 is 2.44 bits per heavy atom. The summed E-state index contributed by atoms with van der Waals surface area (Å²) >= 11 is 0. The highest BCUT2D eigenvalue weighted by Crippen LogP contribution is 2.59. The van der Waals surface area contributed by atoms with Crippen LogP contribution in [0.5, 0.6) is 0 Å². The maximum Gasteiger partial charge on any atom is 0.341 e. The molecular weight excluding hydrogens is 228 g/mol. The third-order valence-corrected chi connectivity index (χ3v) is 5.13. The number of epoxide rings is 1. The van der Waals surface area contributed by atoms with E-state index in [1.165, 1.54) is 32.1 Å². The fourth-order valence-corrected chi connectivity index (χ4v) is 3.96. The molecule has 1 unspecified atom stereocenters. The summed E-state index contributed by atoms with van der Waals surface area (Å²) in [7, 11) is 0. The van der Waals surface area contributed by atoms with E-state index >= 15 is 0 Å². The standard InChI is InChI=1S/C15H24O3/c1-2-15(13(16)17-12-8-4-5-9-12)14(18-15)10-6-3-7-11-14/h12H,2-11H2,1H3. The van der Waals surface area contributed by atoms with E-state index in [9.17, 15) is 4.79 Å². The highest BCUT2D eigenvalue weighted by atomic mass is 16.7. The van der Waals surface area contributed by atoms with Crippen LogP contribution in [-0.2, 0) is 14.3 Å². The lowest BCUT2D eigenvalue weighted by atomic mass is 9.79. The molecule has 3 nitrogen and oxygen atoms in total. The van der Waals surface area contributed by atoms with Gasteiger partial charge in [-0.2, -0.15) is 0 Å². The van der Waals surface area contributed by atoms with Crippen molar-refractivity contribution in [1.29, 1.82) is 0 Å². The molecule has 0 N–H and O–H groups in total. The zero-order valence-corrected chi connectivity index (χ0v) is 11.4. The molecular formula is C15H24O3. The zero-order chi connectivity index (χ0) is 12.6. The molecule has 0 aromatic heterocycles. The lowest BCUT2D eigenvalue weighted by Gasteiger charge is -2.23. The highest BCUT2D eigenvalue weighted by molar-refractivity contribution is 5.85. The fraction of sp³-hybridized carbons (Fsp3) is 0.933. The first-order chi connectivity index (χ1) is 8.72. The molecule has 0 amide bonds. The first-order valence-corrected chi connectivity index (χ1v) is 7.64. The van der Waals surface area contributed by atoms with Crippen molar-refractivity contribution in [2.24, 2.45) is 0 Å². The summed E-state index contributed by atoms with van der Waals surface area (Å²) in [6.07, 6.45) is 11.1. The summed E-state index contributed by atoms with van der Waals surface area (Å²) in [6.45, 7) is 2.05. The zero-order valence-electron chi connectivity index (χ0n) is 11.4. The van der Waals surface area contributed by atoms with E-state index in [1.54, 1.807) is 0 Å². The Kier molecular flexibility index (Phi) is 3.13. The second kappa shape index (κ2) is 4.52. The van der Waals surface area contributed by atoms with Crippen LogP contribution >= 0.6 is 0 Å². The average molecular weight is 252 g/mol. The molecule has 0 bridgehead atoms. The predicted molar refractivity (Wildman–Crippen MR) is 68.3 cm³/mol. The molecule has 2 saturated carbocycles. The van der Waals surface area contributed by atoms with Crippen molar-refractivity contribution in [2.75, 3.05) is 0 Å². The lowest BCUT2D eigenvalue weighted by Crippen LogP contribution is -2.38. The van der Waals surface area contributed by atoms with Gasteiger partial charge in [0, 0.05) is 0 Å². The number of carbonyl (C=O) groups excluding carboxylic acids is 1. The Balaban J connectivity index is 1.67. The number of esters is 1. The monoisotopic (exact) mass is 252 g/mol. The molecule has 1 spiro atoms. The van der Waals surface area contributed by atoms with E-state index in [0.717, 1.165) is 32.1 Å². The molecule has 102 valence electrons. The SMILES string of the molecule is CCC1(C(=O)OC2CCCC2)OC12CCCCC2. The van der Waals surface area contributed by atoms with Crippen LogP contribution in [0, 0.1) is 0 Å². The van der Waals surface area contributed by atoms with Crippen LogP contribution in [0.15, 0.2) is 0 Å². The first-order valence-electron chi connectivity index (χ1n) is 7.64. The van der Waals surface area contributed by atoms with Crippen LogP contribution in [0.3, 0.4) is 0 Å². The quantitative estimate of drug-likeness (QED) is 0.571. The van der Waals surface area contributed by atoms with Gasteiger partial charge in [0.2, 0.25) is 0 Å². The van der Waals surface area contributed by atoms with Crippen molar-refractivity contribution in [3.8, 4) is 0 Å². The van der Waals surface area contributed by atoms with Crippen LogP contribution < -0.4 is 0 Å². The van der Waals surface area contributed by atoms with E-state index in [2.05, 4.69) is 6.92 Å². The van der Waals surface area contributed by atoms with Crippen LogP contribution in [0.4, 0.5) is 0 Å². The second-order valence-electron chi connectivity index (χ2n) is 6.15. The molecule has 0 aromatic rings. The number of ether oxygens (including phenoxy) is 2. The van der Waals surface area contributed by atoms with Crippen LogP contribution in [-0.4, -0.2) is 23.3 Å². The maximum atomic E-state index is 12.4. The van der Waals surface area contributed by atoms with Gasteiger partial charge in [0.1, 0.15) is 11.7 Å². The van der Waals surface area contributed by atoms with Gasteiger partial charge in [-0.15, -0.1) is 0 Å². The van der Waals surface area contributed by atoms with Gasteiger partial charge in [0.05, 0.1) is 0 Å². The molecule has 1 heterocycles. The summed E-state index contributed by atoms with van der Waals surface area (Å²) in [4.78, 5) is 12.4. The molecule has 0 radical (unpaired) electrons. The van der Waals surface area contributed by atoms with Gasteiger partial charge < -0.3 is 9.47 Å². The van der Waals surface area contributed by atoms with Crippen LogP contribution in [0.25, 0.3) is 0 Å². The number of hydrogen-bond donors (Lipinski definition) is 0. The van der Waals surface area contributed by atoms with Crippen molar-refractivity contribution >= 4 is 5.97 Å². The third-order valence-electron chi connectivity index (χ3n) is 5.13. The van der Waals surface area contributed by atoms with Gasteiger partial charge in [-0.3, -0.25) is 0 Å². The van der Waals surface area contributed by atoms with Gasteiger partial charge in [0.15, 0.2) is 5.60 Å². The van der Waals surface area contributed by atoms with E-state index < -0.39 is 5.60 Å². The molecule has 18 heavy (non-hydrogen) atoms. The molecule has 2 aliphatic carbocycles. The summed E-state index contributed by atoms with van der Waals surface area (Å²) < 4.78 is 11.7. The van der Waals surface area contributed by atoms with E-state index in [-0.39, 0.29) is 17.7 Å². The van der Waals surface area contributed by atoms with Crippen molar-refractivity contribution < 1.29 is 14.3 Å². The van der Waals surface area contributed by atoms with Crippen LogP contribution in [0.2, 0.25) is 0 Å². The Morgan fingerprint density at radius 1 is 1.17 bits per heavy atom. The van der Waals surface area contributed by atoms with Gasteiger partial charge in [-0.05, 0) is 44.9 Å². The second-order valence-corrected chi connectivity index (χ2v) is 6.15. The van der Waals surface area contributed by atoms with Gasteiger partial charge in [-0.25, -0.2) is 4.79 Å². The fourth-order valence-electron chi connectivity index (χ4n) is 3.96. The van der Waals surface area contributed by atoms with Crippen molar-refractivity contribution in [3.05, 3.63) is 0 Å². The highest BCUT2D eigenvalue weighted by Gasteiger charge is 2.73. The summed E-state index contributed by atoms with van der Waals surface area (Å²) in [5.41, 5.74) is -0.744. The number of rotatable bonds is 3. The summed E-state index contributed by atoms with van der Waals surface area (Å²) in [6, 6.07) is 0. The minimum absolute atomic E-state index is 0.0706. The molecule has 3 rings (SSSR count). The molecule has 1 saturated heterocycles. The van der Waals surface area contributed by atoms with E-state index in [0.29, 0.717) is 0 Å². The van der Waals surface area contributed by atoms with E-state index in [4.69, 9.17) is 9.47 Å². The number of carbonyl (C=O) groups is 1. The minimum Gasteiger partial charge on any atom is -0.460 e. The van der Waals surface area contributed by atoms with E-state index in [1.807, 2.05) is 0 Å². The minimum atomic E-state index is -0.587. The van der Waals surface area contributed by atoms with Gasteiger partial charge >= 0.3 is 5.97 Å². The normalized spacial score (nSPS) is 34.7. The van der Waals surface area contributed by atoms with Crippen molar-refractivity contribution in [1.82, 2.24) is 0 Å². The lowest BCUT2D eigenvalue weighted by molar-refractivity contribution is -0.155.